The van der Waals surface area contributed by atoms with E-state index in [0.717, 1.165) is 34.3 Å². The summed E-state index contributed by atoms with van der Waals surface area (Å²) >= 11 is 0. The second-order valence-corrected chi connectivity index (χ2v) is 12.9. The van der Waals surface area contributed by atoms with E-state index in [0.29, 0.717) is 29.7 Å². The van der Waals surface area contributed by atoms with Crippen LogP contribution in [0.4, 0.5) is 8.78 Å². The number of aryl methyl sites for hydroxylation is 3. The molecule has 1 fully saturated rings. The molecule has 3 aromatic rings. The predicted octanol–water partition coefficient (Wildman–Crippen LogP) is 5.82. The van der Waals surface area contributed by atoms with Crippen LogP contribution in [0.25, 0.3) is 11.1 Å². The zero-order chi connectivity index (χ0) is 33.9. The van der Waals surface area contributed by atoms with Crippen molar-refractivity contribution in [2.45, 2.75) is 79.0 Å². The smallest absolute Gasteiger partial charge is 0.305 e. The van der Waals surface area contributed by atoms with Crippen LogP contribution in [0.15, 0.2) is 41.3 Å². The summed E-state index contributed by atoms with van der Waals surface area (Å²) in [5, 5.41) is 12.6. The number of halogens is 2. The molecule has 10 heteroatoms. The van der Waals surface area contributed by atoms with Crippen LogP contribution in [0.1, 0.15) is 72.2 Å². The topological polar surface area (TPSA) is 101 Å². The average Bonchev–Trinajstić information content (AvgIpc) is 2.96. The van der Waals surface area contributed by atoms with E-state index in [-0.39, 0.29) is 29.6 Å². The van der Waals surface area contributed by atoms with Crippen molar-refractivity contribution in [3.63, 3.8) is 0 Å². The Morgan fingerprint density at radius 2 is 1.70 bits per heavy atom. The third kappa shape index (κ3) is 7.73. The van der Waals surface area contributed by atoms with Crippen LogP contribution < -0.4 is 10.9 Å². The zero-order valence-corrected chi connectivity index (χ0v) is 27.7. The number of ether oxygens (including phenoxy) is 1. The summed E-state index contributed by atoms with van der Waals surface area (Å²) in [5.74, 6) is -3.54. The third-order valence-corrected chi connectivity index (χ3v) is 8.94. The number of carbonyl (C=O) groups excluding carboxylic acids is 1. The van der Waals surface area contributed by atoms with Gasteiger partial charge in [-0.2, -0.15) is 0 Å². The Labute approximate surface area is 269 Å². The molecule has 2 atom stereocenters. The van der Waals surface area contributed by atoms with Gasteiger partial charge in [0.1, 0.15) is 11.9 Å². The summed E-state index contributed by atoms with van der Waals surface area (Å²) in [6.45, 7) is 13.0. The number of methoxy groups -OCH3 is 1. The molecule has 0 bridgehead atoms. The van der Waals surface area contributed by atoms with Crippen molar-refractivity contribution >= 4 is 11.9 Å². The number of carbonyl (C=O) groups is 2. The van der Waals surface area contributed by atoms with E-state index in [9.17, 15) is 19.5 Å². The van der Waals surface area contributed by atoms with Crippen molar-refractivity contribution < 1.29 is 28.2 Å². The van der Waals surface area contributed by atoms with Crippen molar-refractivity contribution in [1.82, 2.24) is 14.8 Å². The van der Waals surface area contributed by atoms with Crippen LogP contribution in [0, 0.1) is 45.2 Å². The molecule has 1 aromatic heterocycles. The third-order valence-electron chi connectivity index (χ3n) is 8.94. The Morgan fingerprint density at radius 1 is 1.04 bits per heavy atom. The van der Waals surface area contributed by atoms with Gasteiger partial charge in [-0.15, -0.1) is 0 Å². The van der Waals surface area contributed by atoms with Gasteiger partial charge in [0.2, 0.25) is 5.91 Å². The van der Waals surface area contributed by atoms with Gasteiger partial charge >= 0.3 is 5.97 Å². The summed E-state index contributed by atoms with van der Waals surface area (Å²) in [6, 6.07) is 6.72. The van der Waals surface area contributed by atoms with Gasteiger partial charge in [0.25, 0.3) is 5.56 Å². The van der Waals surface area contributed by atoms with Crippen molar-refractivity contribution in [3.8, 4) is 11.1 Å². The molecule has 1 aliphatic heterocycles. The standard InChI is InChI=1S/C36H45F2N3O5/c1-20(2)13-30(41-17-25(24(6)34(38)36(41)45)11-12-40-18-27(19-40)46-7)35(44)39-29(16-31(42)43)28-15-26(14-23(5)33(28)37)32-21(3)9-8-10-22(32)4/h8-10,14-15,17,20,27,29-30H,11-13,16,18-19H2,1-7H3,(H,39,44)(H,42,43). The van der Waals surface area contributed by atoms with Gasteiger partial charge in [-0.25, -0.2) is 8.78 Å². The maximum atomic E-state index is 15.8. The van der Waals surface area contributed by atoms with Gasteiger partial charge in [-0.05, 0) is 97.5 Å². The number of hydrogen-bond donors (Lipinski definition) is 2. The van der Waals surface area contributed by atoms with E-state index in [2.05, 4.69) is 10.2 Å². The molecule has 2 heterocycles. The molecule has 248 valence electrons. The van der Waals surface area contributed by atoms with Gasteiger partial charge < -0.3 is 19.7 Å². The van der Waals surface area contributed by atoms with E-state index in [1.807, 2.05) is 45.9 Å². The zero-order valence-electron chi connectivity index (χ0n) is 27.7. The highest BCUT2D eigenvalue weighted by atomic mass is 19.1. The summed E-state index contributed by atoms with van der Waals surface area (Å²) in [7, 11) is 1.66. The first-order valence-electron chi connectivity index (χ1n) is 15.8. The number of carboxylic acids is 1. The van der Waals surface area contributed by atoms with Crippen LogP contribution >= 0.6 is 0 Å². The van der Waals surface area contributed by atoms with E-state index < -0.39 is 47.6 Å². The number of likely N-dealkylation sites (tertiary alicyclic amines) is 1. The van der Waals surface area contributed by atoms with Crippen molar-refractivity contribution in [2.24, 2.45) is 5.92 Å². The number of amides is 1. The molecule has 2 unspecified atom stereocenters. The van der Waals surface area contributed by atoms with Crippen LogP contribution in [0.2, 0.25) is 0 Å². The molecule has 1 saturated heterocycles. The highest BCUT2D eigenvalue weighted by Gasteiger charge is 2.31. The molecule has 0 saturated carbocycles. The molecule has 1 amide bonds. The number of aliphatic carboxylic acids is 1. The molecule has 0 aliphatic carbocycles. The lowest BCUT2D eigenvalue weighted by atomic mass is 9.90. The molecule has 46 heavy (non-hydrogen) atoms. The summed E-state index contributed by atoms with van der Waals surface area (Å²) in [5.41, 5.74) is 3.78. The van der Waals surface area contributed by atoms with E-state index in [1.165, 1.54) is 0 Å². The van der Waals surface area contributed by atoms with E-state index >= 15 is 8.78 Å². The molecule has 2 N–H and O–H groups in total. The minimum atomic E-state index is -1.24. The van der Waals surface area contributed by atoms with Crippen LogP contribution in [-0.2, 0) is 20.7 Å². The Bertz CT molecular complexity index is 1640. The summed E-state index contributed by atoms with van der Waals surface area (Å²) < 4.78 is 37.6. The van der Waals surface area contributed by atoms with Crippen LogP contribution in [0.5, 0.6) is 0 Å². The normalized spacial score (nSPS) is 15.1. The second kappa shape index (κ2) is 14.7. The number of nitrogens with one attached hydrogen (secondary N) is 1. The summed E-state index contributed by atoms with van der Waals surface area (Å²) in [4.78, 5) is 41.5. The Hall–Kier alpha value is -3.89. The van der Waals surface area contributed by atoms with Crippen LogP contribution in [0.3, 0.4) is 0 Å². The molecule has 0 radical (unpaired) electrons. The Balaban J connectivity index is 1.72. The van der Waals surface area contributed by atoms with Gasteiger partial charge in [0.05, 0.1) is 18.6 Å². The molecular formula is C36H45F2N3O5. The number of pyridine rings is 1. The van der Waals surface area contributed by atoms with Gasteiger partial charge in [-0.1, -0.05) is 32.0 Å². The maximum Gasteiger partial charge on any atom is 0.305 e. The minimum Gasteiger partial charge on any atom is -0.481 e. The van der Waals surface area contributed by atoms with Crippen molar-refractivity contribution in [1.29, 1.82) is 0 Å². The highest BCUT2D eigenvalue weighted by Crippen LogP contribution is 2.34. The highest BCUT2D eigenvalue weighted by molar-refractivity contribution is 5.82. The van der Waals surface area contributed by atoms with Gasteiger partial charge in [0, 0.05) is 38.5 Å². The molecule has 0 spiro atoms. The first-order valence-corrected chi connectivity index (χ1v) is 15.8. The number of carboxylic acid groups (broad SMARTS) is 1. The number of nitrogens with zero attached hydrogens (tertiary/aromatic N) is 2. The Morgan fingerprint density at radius 3 is 2.28 bits per heavy atom. The summed E-state index contributed by atoms with van der Waals surface area (Å²) in [6.07, 6.45) is 1.76. The predicted molar refractivity (Wildman–Crippen MR) is 174 cm³/mol. The minimum absolute atomic E-state index is 0.0312. The molecule has 1 aliphatic rings. The van der Waals surface area contributed by atoms with Crippen molar-refractivity contribution in [3.05, 3.63) is 91.9 Å². The fraction of sp³-hybridized carbons (Fsp3) is 0.472. The van der Waals surface area contributed by atoms with E-state index in [4.69, 9.17) is 4.74 Å². The first kappa shape index (κ1) is 35.0. The SMILES string of the molecule is COC1CN(CCc2cn(C(CC(C)C)C(=O)NC(CC(=O)O)c3cc(-c4c(C)cccc4C)cc(C)c3F)c(=O)c(F)c2C)C1. The fourth-order valence-corrected chi connectivity index (χ4v) is 6.29. The lowest BCUT2D eigenvalue weighted by Gasteiger charge is -2.38. The Kier molecular flexibility index (Phi) is 11.2. The monoisotopic (exact) mass is 637 g/mol. The van der Waals surface area contributed by atoms with Gasteiger partial charge in [0.15, 0.2) is 5.82 Å². The lowest BCUT2D eigenvalue weighted by Crippen LogP contribution is -2.52. The van der Waals surface area contributed by atoms with Gasteiger partial charge in [-0.3, -0.25) is 19.3 Å². The molecule has 8 nitrogen and oxygen atoms in total. The number of benzene rings is 2. The largest absolute Gasteiger partial charge is 0.481 e. The van der Waals surface area contributed by atoms with Crippen LogP contribution in [-0.4, -0.2) is 59.3 Å². The molecular weight excluding hydrogens is 592 g/mol. The second-order valence-electron chi connectivity index (χ2n) is 12.9. The number of hydrogen-bond acceptors (Lipinski definition) is 5. The quantitative estimate of drug-likeness (QED) is 0.245. The number of aromatic nitrogens is 1. The number of rotatable bonds is 13. The molecule has 4 rings (SSSR count). The van der Waals surface area contributed by atoms with Crippen molar-refractivity contribution in [2.75, 3.05) is 26.7 Å². The first-order chi connectivity index (χ1) is 21.7. The fourth-order valence-electron chi connectivity index (χ4n) is 6.29. The van der Waals surface area contributed by atoms with E-state index in [1.54, 1.807) is 39.3 Å². The maximum absolute atomic E-state index is 15.8. The molecule has 2 aromatic carbocycles. The average molecular weight is 638 g/mol. The lowest BCUT2D eigenvalue weighted by molar-refractivity contribution is -0.138.